The lowest BCUT2D eigenvalue weighted by Gasteiger charge is -2.30. The second kappa shape index (κ2) is 11.6. The van der Waals surface area contributed by atoms with Gasteiger partial charge in [0, 0.05) is 44.7 Å². The first-order valence-electron chi connectivity index (χ1n) is 9.63. The summed E-state index contributed by atoms with van der Waals surface area (Å²) < 4.78 is 16.4. The van der Waals surface area contributed by atoms with Crippen molar-refractivity contribution in [2.24, 2.45) is 0 Å². The molecule has 0 radical (unpaired) electrons. The smallest absolute Gasteiger partial charge is 0.138 e. The molecule has 2 fully saturated rings. The number of morpholine rings is 2. The zero-order valence-electron chi connectivity index (χ0n) is 16.7. The van der Waals surface area contributed by atoms with Crippen LogP contribution in [0.3, 0.4) is 0 Å². The summed E-state index contributed by atoms with van der Waals surface area (Å²) in [4.78, 5) is 4.93. The Hall–Kier alpha value is -0.790. The number of halogens is 3. The van der Waals surface area contributed by atoms with Gasteiger partial charge in [-0.05, 0) is 34.7 Å². The zero-order chi connectivity index (χ0) is 18.6. The van der Waals surface area contributed by atoms with E-state index < -0.39 is 0 Å². The minimum Gasteiger partial charge on any atom is -0.495 e. The molecular weight excluding hydrogens is 435 g/mol. The molecule has 8 heteroatoms. The summed E-state index contributed by atoms with van der Waals surface area (Å²) in [5.74, 6) is 0.724. The first-order valence-corrected chi connectivity index (χ1v) is 10.0. The highest BCUT2D eigenvalue weighted by Crippen LogP contribution is 2.35. The third-order valence-electron chi connectivity index (χ3n) is 5.45. The third-order valence-corrected chi connectivity index (χ3v) is 5.84. The number of methoxy groups -OCH3 is 1. The van der Waals surface area contributed by atoms with E-state index in [1.165, 1.54) is 11.1 Å². The second-order valence-electron chi connectivity index (χ2n) is 7.20. The van der Waals surface area contributed by atoms with Gasteiger partial charge in [0.2, 0.25) is 0 Å². The lowest BCUT2D eigenvalue weighted by atomic mass is 9.99. The van der Waals surface area contributed by atoms with Gasteiger partial charge in [0.1, 0.15) is 5.75 Å². The summed E-state index contributed by atoms with van der Waals surface area (Å²) >= 11 is 6.62. The van der Waals surface area contributed by atoms with E-state index in [9.17, 15) is 0 Å². The fraction of sp³-hybridized carbons (Fsp3) is 0.524. The molecule has 2 heterocycles. The normalized spacial score (nSPS) is 18.1. The maximum Gasteiger partial charge on any atom is 0.138 e. The largest absolute Gasteiger partial charge is 0.495 e. The molecule has 0 N–H and O–H groups in total. The monoisotopic (exact) mass is 462 g/mol. The maximum absolute atomic E-state index is 6.62. The summed E-state index contributed by atoms with van der Waals surface area (Å²) in [5.41, 5.74) is 2.71. The van der Waals surface area contributed by atoms with Crippen LogP contribution in [0.25, 0.3) is 10.8 Å². The van der Waals surface area contributed by atoms with E-state index >= 15 is 0 Å². The molecule has 2 aliphatic heterocycles. The van der Waals surface area contributed by atoms with Gasteiger partial charge in [0.15, 0.2) is 0 Å². The summed E-state index contributed by atoms with van der Waals surface area (Å²) in [5, 5.41) is 2.91. The first kappa shape index (κ1) is 24.5. The Bertz CT molecular complexity index is 794. The Morgan fingerprint density at radius 3 is 1.90 bits per heavy atom. The molecule has 4 rings (SSSR count). The lowest BCUT2D eigenvalue weighted by molar-refractivity contribution is 0.0309. The van der Waals surface area contributed by atoms with Crippen LogP contribution in [0.2, 0.25) is 5.02 Å². The molecule has 0 amide bonds. The molecular formula is C21H29Cl3N2O3. The number of ether oxygens (including phenoxy) is 3. The Morgan fingerprint density at radius 2 is 1.38 bits per heavy atom. The molecule has 2 aromatic rings. The van der Waals surface area contributed by atoms with Crippen molar-refractivity contribution < 1.29 is 14.2 Å². The summed E-state index contributed by atoms with van der Waals surface area (Å²) in [7, 11) is 1.66. The van der Waals surface area contributed by atoms with Gasteiger partial charge in [-0.2, -0.15) is 0 Å². The highest BCUT2D eigenvalue weighted by Gasteiger charge is 2.18. The predicted octanol–water partition coefficient (Wildman–Crippen LogP) is 4.01. The van der Waals surface area contributed by atoms with E-state index in [1.807, 2.05) is 6.07 Å². The Kier molecular flexibility index (Phi) is 9.76. The highest BCUT2D eigenvalue weighted by atomic mass is 35.5. The molecule has 0 spiro atoms. The van der Waals surface area contributed by atoms with E-state index in [-0.39, 0.29) is 24.8 Å². The number of rotatable bonds is 5. The summed E-state index contributed by atoms with van der Waals surface area (Å²) in [6, 6.07) is 8.60. The number of hydrogen-bond acceptors (Lipinski definition) is 5. The number of hydrogen-bond donors (Lipinski definition) is 0. The molecule has 0 bridgehead atoms. The minimum atomic E-state index is 0. The van der Waals surface area contributed by atoms with Crippen molar-refractivity contribution in [1.29, 1.82) is 0 Å². The van der Waals surface area contributed by atoms with Crippen molar-refractivity contribution in [2.75, 3.05) is 59.7 Å². The van der Waals surface area contributed by atoms with Crippen LogP contribution in [0.4, 0.5) is 0 Å². The quantitative estimate of drug-likeness (QED) is 0.669. The SMILES string of the molecule is COc1ccc2cc(CN3CCOCC3)c(CN3CCOCC3)cc2c1Cl.Cl.Cl. The van der Waals surface area contributed by atoms with E-state index in [4.69, 9.17) is 25.8 Å². The molecule has 2 saturated heterocycles. The summed E-state index contributed by atoms with van der Waals surface area (Å²) in [6.07, 6.45) is 0. The molecule has 0 saturated carbocycles. The van der Waals surface area contributed by atoms with Crippen LogP contribution < -0.4 is 4.74 Å². The Balaban J connectivity index is 0.00000150. The van der Waals surface area contributed by atoms with Crippen LogP contribution in [0, 0.1) is 0 Å². The maximum atomic E-state index is 6.62. The van der Waals surface area contributed by atoms with Gasteiger partial charge in [0.05, 0.1) is 38.6 Å². The highest BCUT2D eigenvalue weighted by molar-refractivity contribution is 6.37. The zero-order valence-corrected chi connectivity index (χ0v) is 19.1. The molecule has 0 aromatic heterocycles. The predicted molar refractivity (Wildman–Crippen MR) is 122 cm³/mol. The first-order chi connectivity index (χ1) is 13.2. The number of fused-ring (bicyclic) bond motifs is 1. The lowest BCUT2D eigenvalue weighted by Crippen LogP contribution is -2.37. The standard InChI is InChI=1S/C21H27ClN2O3.2ClH/c1-25-20-3-2-16-12-17(14-23-4-8-26-9-5-23)18(13-19(16)21(20)22)15-24-6-10-27-11-7-24;;/h2-3,12-13H,4-11,14-15H2,1H3;2*1H. The molecule has 0 atom stereocenters. The van der Waals surface area contributed by atoms with E-state index in [0.717, 1.165) is 82.2 Å². The van der Waals surface area contributed by atoms with Crippen LogP contribution in [0.1, 0.15) is 11.1 Å². The molecule has 162 valence electrons. The van der Waals surface area contributed by atoms with Gasteiger partial charge >= 0.3 is 0 Å². The van der Waals surface area contributed by atoms with Crippen molar-refractivity contribution in [3.05, 3.63) is 40.4 Å². The van der Waals surface area contributed by atoms with Gasteiger partial charge in [-0.15, -0.1) is 24.8 Å². The van der Waals surface area contributed by atoms with Crippen LogP contribution in [0.5, 0.6) is 5.75 Å². The van der Waals surface area contributed by atoms with Crippen molar-refractivity contribution in [3.8, 4) is 5.75 Å². The second-order valence-corrected chi connectivity index (χ2v) is 7.58. The van der Waals surface area contributed by atoms with Crippen molar-refractivity contribution in [2.45, 2.75) is 13.1 Å². The van der Waals surface area contributed by atoms with E-state index in [1.54, 1.807) is 7.11 Å². The van der Waals surface area contributed by atoms with Gasteiger partial charge in [-0.25, -0.2) is 0 Å². The fourth-order valence-corrected chi connectivity index (χ4v) is 4.16. The van der Waals surface area contributed by atoms with Crippen LogP contribution in [-0.2, 0) is 22.6 Å². The van der Waals surface area contributed by atoms with Gasteiger partial charge < -0.3 is 14.2 Å². The van der Waals surface area contributed by atoms with Gasteiger partial charge in [-0.3, -0.25) is 9.80 Å². The number of benzene rings is 2. The van der Waals surface area contributed by atoms with E-state index in [2.05, 4.69) is 28.0 Å². The molecule has 29 heavy (non-hydrogen) atoms. The molecule has 0 aliphatic carbocycles. The average molecular weight is 464 g/mol. The van der Waals surface area contributed by atoms with Crippen molar-refractivity contribution in [3.63, 3.8) is 0 Å². The third kappa shape index (κ3) is 5.88. The van der Waals surface area contributed by atoms with Crippen LogP contribution >= 0.6 is 36.4 Å². The van der Waals surface area contributed by atoms with Crippen molar-refractivity contribution in [1.82, 2.24) is 9.80 Å². The van der Waals surface area contributed by atoms with Crippen molar-refractivity contribution >= 4 is 47.2 Å². The molecule has 2 aliphatic rings. The topological polar surface area (TPSA) is 34.2 Å². The molecule has 0 unspecified atom stereocenters. The van der Waals surface area contributed by atoms with Crippen LogP contribution in [0.15, 0.2) is 24.3 Å². The minimum absolute atomic E-state index is 0. The fourth-order valence-electron chi connectivity index (χ4n) is 3.86. The van der Waals surface area contributed by atoms with Gasteiger partial charge in [0.25, 0.3) is 0 Å². The average Bonchev–Trinajstić information content (AvgIpc) is 2.71. The Labute approximate surface area is 190 Å². The van der Waals surface area contributed by atoms with Gasteiger partial charge in [-0.1, -0.05) is 17.7 Å². The summed E-state index contributed by atoms with van der Waals surface area (Å²) in [6.45, 7) is 9.03. The number of nitrogens with zero attached hydrogens (tertiary/aromatic N) is 2. The van der Waals surface area contributed by atoms with Crippen LogP contribution in [-0.4, -0.2) is 69.5 Å². The molecule has 5 nitrogen and oxygen atoms in total. The Morgan fingerprint density at radius 1 is 0.862 bits per heavy atom. The van der Waals surface area contributed by atoms with E-state index in [0.29, 0.717) is 5.02 Å². The molecule has 2 aromatic carbocycles.